The SMILES string of the molecule is N#CCc1c(C(F)F)ncc(CN)c1C(F)(F)F. The van der Waals surface area contributed by atoms with Crippen LogP contribution in [-0.2, 0) is 19.1 Å². The van der Waals surface area contributed by atoms with Gasteiger partial charge in [0.05, 0.1) is 18.1 Å². The molecule has 98 valence electrons. The Balaban J connectivity index is 3.60. The molecule has 0 unspecified atom stereocenters. The predicted molar refractivity (Wildman–Crippen MR) is 51.4 cm³/mol. The zero-order valence-electron chi connectivity index (χ0n) is 8.93. The molecular formula is C10H8F5N3. The van der Waals surface area contributed by atoms with Gasteiger partial charge in [0.2, 0.25) is 0 Å². The summed E-state index contributed by atoms with van der Waals surface area (Å²) in [5.74, 6) is 0. The molecule has 1 rings (SSSR count). The number of halogens is 5. The molecule has 0 aromatic carbocycles. The van der Waals surface area contributed by atoms with Gasteiger partial charge in [-0.15, -0.1) is 0 Å². The molecule has 1 heterocycles. The molecule has 0 amide bonds. The van der Waals surface area contributed by atoms with Gasteiger partial charge in [-0.1, -0.05) is 0 Å². The fraction of sp³-hybridized carbons (Fsp3) is 0.400. The topological polar surface area (TPSA) is 62.7 Å². The van der Waals surface area contributed by atoms with Crippen molar-refractivity contribution in [3.63, 3.8) is 0 Å². The zero-order valence-corrected chi connectivity index (χ0v) is 8.93. The predicted octanol–water partition coefficient (Wildman–Crippen LogP) is 2.56. The van der Waals surface area contributed by atoms with Crippen molar-refractivity contribution in [1.82, 2.24) is 4.98 Å². The minimum Gasteiger partial charge on any atom is -0.326 e. The smallest absolute Gasteiger partial charge is 0.326 e. The van der Waals surface area contributed by atoms with E-state index in [0.717, 1.165) is 0 Å². The van der Waals surface area contributed by atoms with Gasteiger partial charge in [-0.25, -0.2) is 8.78 Å². The van der Waals surface area contributed by atoms with E-state index in [1.807, 2.05) is 0 Å². The number of nitrogens with zero attached hydrogens (tertiary/aromatic N) is 2. The van der Waals surface area contributed by atoms with E-state index in [2.05, 4.69) is 4.98 Å². The quantitative estimate of drug-likeness (QED) is 0.854. The molecule has 0 aliphatic carbocycles. The van der Waals surface area contributed by atoms with Crippen molar-refractivity contribution in [3.8, 4) is 6.07 Å². The molecule has 0 saturated carbocycles. The Morgan fingerprint density at radius 2 is 2.00 bits per heavy atom. The summed E-state index contributed by atoms with van der Waals surface area (Å²) in [5.41, 5.74) is 1.61. The fourth-order valence-electron chi connectivity index (χ4n) is 1.57. The Kier molecular flexibility index (Phi) is 4.19. The number of rotatable bonds is 3. The molecule has 0 bridgehead atoms. The highest BCUT2D eigenvalue weighted by atomic mass is 19.4. The molecule has 0 fully saturated rings. The van der Waals surface area contributed by atoms with Crippen LogP contribution in [0.15, 0.2) is 6.20 Å². The van der Waals surface area contributed by atoms with E-state index in [1.54, 1.807) is 0 Å². The number of hydrogen-bond donors (Lipinski definition) is 1. The highest BCUT2D eigenvalue weighted by molar-refractivity contribution is 5.41. The Morgan fingerprint density at radius 1 is 1.39 bits per heavy atom. The van der Waals surface area contributed by atoms with Gasteiger partial charge in [-0.3, -0.25) is 4.98 Å². The molecule has 0 atom stereocenters. The normalized spacial score (nSPS) is 11.7. The molecular weight excluding hydrogens is 257 g/mol. The van der Waals surface area contributed by atoms with Crippen molar-refractivity contribution in [2.24, 2.45) is 5.73 Å². The number of nitrogens with two attached hydrogens (primary N) is 1. The minimum absolute atomic E-state index is 0.405. The highest BCUT2D eigenvalue weighted by Crippen LogP contribution is 2.37. The first-order valence-electron chi connectivity index (χ1n) is 4.76. The number of alkyl halides is 5. The highest BCUT2D eigenvalue weighted by Gasteiger charge is 2.38. The zero-order chi connectivity index (χ0) is 13.9. The summed E-state index contributed by atoms with van der Waals surface area (Å²) in [7, 11) is 0. The van der Waals surface area contributed by atoms with E-state index in [-0.39, 0.29) is 0 Å². The van der Waals surface area contributed by atoms with Crippen molar-refractivity contribution in [2.75, 3.05) is 0 Å². The van der Waals surface area contributed by atoms with E-state index in [9.17, 15) is 22.0 Å². The average Bonchev–Trinajstić information content (AvgIpc) is 2.26. The second kappa shape index (κ2) is 5.27. The minimum atomic E-state index is -4.85. The van der Waals surface area contributed by atoms with Crippen molar-refractivity contribution in [3.05, 3.63) is 28.6 Å². The van der Waals surface area contributed by atoms with Crippen LogP contribution in [0.3, 0.4) is 0 Å². The standard InChI is InChI=1S/C10H8F5N3/c11-9(12)8-6(1-2-16)7(10(13,14)15)5(3-17)4-18-8/h4,9H,1,3,17H2. The van der Waals surface area contributed by atoms with E-state index in [4.69, 9.17) is 11.0 Å². The molecule has 3 nitrogen and oxygen atoms in total. The third-order valence-corrected chi connectivity index (χ3v) is 2.26. The largest absolute Gasteiger partial charge is 0.417 e. The number of aromatic nitrogens is 1. The van der Waals surface area contributed by atoms with E-state index in [1.165, 1.54) is 6.07 Å². The maximum Gasteiger partial charge on any atom is 0.417 e. The fourth-order valence-corrected chi connectivity index (χ4v) is 1.57. The first kappa shape index (κ1) is 14.3. The van der Waals surface area contributed by atoms with Crippen molar-refractivity contribution in [1.29, 1.82) is 5.26 Å². The Bertz CT molecular complexity index is 476. The molecule has 8 heteroatoms. The van der Waals surface area contributed by atoms with E-state index < -0.39 is 48.0 Å². The number of pyridine rings is 1. The Morgan fingerprint density at radius 3 is 2.39 bits per heavy atom. The molecule has 0 spiro atoms. The van der Waals surface area contributed by atoms with Crippen molar-refractivity contribution in [2.45, 2.75) is 25.6 Å². The van der Waals surface area contributed by atoms with Crippen LogP contribution >= 0.6 is 0 Å². The lowest BCUT2D eigenvalue weighted by atomic mass is 9.98. The summed E-state index contributed by atoms with van der Waals surface area (Å²) in [5, 5.41) is 8.46. The molecule has 0 radical (unpaired) electrons. The Hall–Kier alpha value is -1.75. The van der Waals surface area contributed by atoms with Gasteiger partial charge >= 0.3 is 6.18 Å². The van der Waals surface area contributed by atoms with E-state index >= 15 is 0 Å². The second-order valence-electron chi connectivity index (χ2n) is 3.36. The second-order valence-corrected chi connectivity index (χ2v) is 3.36. The summed E-state index contributed by atoms with van der Waals surface area (Å²) in [6, 6.07) is 1.43. The summed E-state index contributed by atoms with van der Waals surface area (Å²) >= 11 is 0. The monoisotopic (exact) mass is 265 g/mol. The first-order chi connectivity index (χ1) is 8.32. The van der Waals surface area contributed by atoms with Gasteiger partial charge in [-0.05, 0) is 5.56 Å². The molecule has 2 N–H and O–H groups in total. The molecule has 1 aromatic heterocycles. The van der Waals surface area contributed by atoms with Crippen LogP contribution in [-0.4, -0.2) is 4.98 Å². The van der Waals surface area contributed by atoms with Gasteiger partial charge in [0.1, 0.15) is 5.69 Å². The van der Waals surface area contributed by atoms with Crippen LogP contribution in [0.25, 0.3) is 0 Å². The van der Waals surface area contributed by atoms with Crippen molar-refractivity contribution >= 4 is 0 Å². The van der Waals surface area contributed by atoms with Gasteiger partial charge in [-0.2, -0.15) is 18.4 Å². The Labute approximate surface area is 99.0 Å². The molecule has 0 saturated heterocycles. The lowest BCUT2D eigenvalue weighted by Crippen LogP contribution is -2.18. The molecule has 0 aliphatic rings. The molecule has 0 aliphatic heterocycles. The summed E-state index contributed by atoms with van der Waals surface area (Å²) < 4.78 is 63.6. The third-order valence-electron chi connectivity index (χ3n) is 2.26. The van der Waals surface area contributed by atoms with Gasteiger partial charge in [0, 0.05) is 18.3 Å². The maximum absolute atomic E-state index is 12.8. The van der Waals surface area contributed by atoms with Crippen LogP contribution < -0.4 is 5.73 Å². The van der Waals surface area contributed by atoms with Gasteiger partial charge in [0.25, 0.3) is 6.43 Å². The molecule has 18 heavy (non-hydrogen) atoms. The third kappa shape index (κ3) is 2.73. The van der Waals surface area contributed by atoms with Crippen LogP contribution in [0.2, 0.25) is 0 Å². The van der Waals surface area contributed by atoms with Crippen LogP contribution in [0.1, 0.15) is 28.8 Å². The summed E-state index contributed by atoms with van der Waals surface area (Å²) in [6.07, 6.45) is -8.16. The summed E-state index contributed by atoms with van der Waals surface area (Å²) in [4.78, 5) is 3.26. The number of hydrogen-bond acceptors (Lipinski definition) is 3. The van der Waals surface area contributed by atoms with Gasteiger partial charge in [0.15, 0.2) is 0 Å². The van der Waals surface area contributed by atoms with Crippen LogP contribution in [0.5, 0.6) is 0 Å². The lowest BCUT2D eigenvalue weighted by molar-refractivity contribution is -0.139. The molecule has 1 aromatic rings. The van der Waals surface area contributed by atoms with Crippen molar-refractivity contribution < 1.29 is 22.0 Å². The van der Waals surface area contributed by atoms with E-state index in [0.29, 0.717) is 6.20 Å². The lowest BCUT2D eigenvalue weighted by Gasteiger charge is -2.17. The maximum atomic E-state index is 12.8. The summed E-state index contributed by atoms with van der Waals surface area (Å²) in [6.45, 7) is -0.496. The van der Waals surface area contributed by atoms with Crippen LogP contribution in [0, 0.1) is 11.3 Å². The number of nitriles is 1. The first-order valence-corrected chi connectivity index (χ1v) is 4.76. The van der Waals surface area contributed by atoms with Crippen LogP contribution in [0.4, 0.5) is 22.0 Å². The van der Waals surface area contributed by atoms with Gasteiger partial charge < -0.3 is 5.73 Å². The average molecular weight is 265 g/mol.